The minimum Gasteiger partial charge on any atom is -0.469 e. The first-order valence-corrected chi connectivity index (χ1v) is 7.84. The van der Waals surface area contributed by atoms with Crippen molar-refractivity contribution in [2.45, 2.75) is 44.9 Å². The van der Waals surface area contributed by atoms with Crippen LogP contribution in [0.3, 0.4) is 0 Å². The molecule has 0 N–H and O–H groups in total. The fraction of sp³-hybridized carbons (Fsp3) is 0.562. The number of esters is 1. The van der Waals surface area contributed by atoms with Crippen molar-refractivity contribution in [3.05, 3.63) is 29.6 Å². The molecule has 3 rings (SSSR count). The first-order valence-electron chi connectivity index (χ1n) is 7.46. The summed E-state index contributed by atoms with van der Waals surface area (Å²) in [5, 5.41) is 0.441. The quantitative estimate of drug-likeness (QED) is 0.795. The Hall–Kier alpha value is -1.62. The van der Waals surface area contributed by atoms with Crippen molar-refractivity contribution in [1.29, 1.82) is 0 Å². The van der Waals surface area contributed by atoms with Crippen molar-refractivity contribution < 1.29 is 9.53 Å². The van der Waals surface area contributed by atoms with Crippen molar-refractivity contribution in [2.24, 2.45) is 5.41 Å². The minimum absolute atomic E-state index is 0.140. The van der Waals surface area contributed by atoms with E-state index in [0.717, 1.165) is 30.6 Å². The molecule has 2 unspecified atom stereocenters. The summed E-state index contributed by atoms with van der Waals surface area (Å²) in [5.41, 5.74) is 0.133. The molecule has 2 atom stereocenters. The van der Waals surface area contributed by atoms with Crippen LogP contribution in [0.5, 0.6) is 0 Å². The highest BCUT2D eigenvalue weighted by Gasteiger charge is 2.47. The molecule has 0 spiro atoms. The molecule has 0 radical (unpaired) electrons. The molecule has 1 fully saturated rings. The zero-order chi connectivity index (χ0) is 16.0. The van der Waals surface area contributed by atoms with E-state index in [-0.39, 0.29) is 11.4 Å². The van der Waals surface area contributed by atoms with E-state index < -0.39 is 5.41 Å². The Kier molecular flexibility index (Phi) is 3.63. The summed E-state index contributed by atoms with van der Waals surface area (Å²) in [6.07, 6.45) is 8.81. The van der Waals surface area contributed by atoms with Crippen LogP contribution in [0.15, 0.2) is 18.6 Å². The number of hydrogen-bond donors (Lipinski definition) is 0. The topological polar surface area (TPSA) is 56.5 Å². The Morgan fingerprint density at radius 3 is 2.86 bits per heavy atom. The van der Waals surface area contributed by atoms with Gasteiger partial charge in [-0.2, -0.15) is 0 Å². The molecule has 0 aromatic carbocycles. The van der Waals surface area contributed by atoms with E-state index in [1.165, 1.54) is 7.11 Å². The largest absolute Gasteiger partial charge is 0.469 e. The number of hydrogen-bond acceptors (Lipinski definition) is 4. The third-order valence-corrected chi connectivity index (χ3v) is 5.16. The maximum absolute atomic E-state index is 12.2. The Morgan fingerprint density at radius 2 is 2.14 bits per heavy atom. The molecular weight excluding hydrogens is 302 g/mol. The van der Waals surface area contributed by atoms with E-state index in [0.29, 0.717) is 11.6 Å². The summed E-state index contributed by atoms with van der Waals surface area (Å²) in [7, 11) is 1.45. The lowest BCUT2D eigenvalue weighted by Crippen LogP contribution is -2.42. The predicted octanol–water partition coefficient (Wildman–Crippen LogP) is 3.39. The second-order valence-corrected chi connectivity index (χ2v) is 7.06. The predicted molar refractivity (Wildman–Crippen MR) is 83.9 cm³/mol. The summed E-state index contributed by atoms with van der Waals surface area (Å²) in [6.45, 7) is 4.15. The number of ether oxygens (including phenoxy) is 1. The number of nitrogens with zero attached hydrogens (tertiary/aromatic N) is 3. The SMILES string of the molecule is COC(=O)C1(C)CCCC(C)(c2ncc3c(Cl)nccn23)C1. The number of aromatic nitrogens is 3. The van der Waals surface area contributed by atoms with Crippen LogP contribution in [0.2, 0.25) is 5.15 Å². The summed E-state index contributed by atoms with van der Waals surface area (Å²) in [5.74, 6) is 0.792. The van der Waals surface area contributed by atoms with Gasteiger partial charge in [0, 0.05) is 17.8 Å². The van der Waals surface area contributed by atoms with Crippen LogP contribution in [0, 0.1) is 5.41 Å². The molecule has 0 amide bonds. The molecule has 5 nitrogen and oxygen atoms in total. The zero-order valence-electron chi connectivity index (χ0n) is 13.1. The van der Waals surface area contributed by atoms with Gasteiger partial charge in [-0.3, -0.25) is 9.20 Å². The van der Waals surface area contributed by atoms with Crippen LogP contribution in [-0.2, 0) is 14.9 Å². The van der Waals surface area contributed by atoms with Gasteiger partial charge in [0.25, 0.3) is 0 Å². The van der Waals surface area contributed by atoms with Gasteiger partial charge >= 0.3 is 5.97 Å². The van der Waals surface area contributed by atoms with Gasteiger partial charge < -0.3 is 4.74 Å². The van der Waals surface area contributed by atoms with Gasteiger partial charge in [0.1, 0.15) is 11.3 Å². The molecule has 118 valence electrons. The van der Waals surface area contributed by atoms with Crippen molar-refractivity contribution >= 4 is 23.1 Å². The minimum atomic E-state index is -0.468. The molecule has 2 aromatic heterocycles. The summed E-state index contributed by atoms with van der Waals surface area (Å²) in [6, 6.07) is 0. The van der Waals surface area contributed by atoms with Crippen LogP contribution >= 0.6 is 11.6 Å². The molecule has 1 saturated carbocycles. The van der Waals surface area contributed by atoms with Crippen molar-refractivity contribution in [3.63, 3.8) is 0 Å². The van der Waals surface area contributed by atoms with Gasteiger partial charge in [-0.25, -0.2) is 9.97 Å². The Bertz CT molecular complexity index is 729. The van der Waals surface area contributed by atoms with Crippen LogP contribution in [0.4, 0.5) is 0 Å². The number of fused-ring (bicyclic) bond motifs is 1. The normalized spacial score (nSPS) is 28.7. The lowest BCUT2D eigenvalue weighted by Gasteiger charge is -2.42. The fourth-order valence-corrected chi connectivity index (χ4v) is 4.06. The maximum Gasteiger partial charge on any atom is 0.311 e. The average molecular weight is 322 g/mol. The van der Waals surface area contributed by atoms with Gasteiger partial charge in [0.2, 0.25) is 0 Å². The van der Waals surface area contributed by atoms with E-state index in [9.17, 15) is 4.79 Å². The number of methoxy groups -OCH3 is 1. The summed E-state index contributed by atoms with van der Waals surface area (Å²) < 4.78 is 7.00. The zero-order valence-corrected chi connectivity index (χ0v) is 13.9. The molecule has 0 saturated heterocycles. The number of imidazole rings is 1. The second kappa shape index (κ2) is 5.23. The maximum atomic E-state index is 12.2. The van der Waals surface area contributed by atoms with Crippen molar-refractivity contribution in [2.75, 3.05) is 7.11 Å². The van der Waals surface area contributed by atoms with E-state index in [2.05, 4.69) is 16.9 Å². The van der Waals surface area contributed by atoms with E-state index in [4.69, 9.17) is 16.3 Å². The lowest BCUT2D eigenvalue weighted by molar-refractivity contribution is -0.155. The van der Waals surface area contributed by atoms with Gasteiger partial charge in [-0.05, 0) is 26.2 Å². The van der Waals surface area contributed by atoms with E-state index >= 15 is 0 Å². The smallest absolute Gasteiger partial charge is 0.311 e. The molecule has 2 heterocycles. The van der Waals surface area contributed by atoms with Crippen LogP contribution in [0.1, 0.15) is 45.4 Å². The van der Waals surface area contributed by atoms with E-state index in [1.807, 2.05) is 17.5 Å². The molecule has 1 aliphatic rings. The second-order valence-electron chi connectivity index (χ2n) is 6.70. The van der Waals surface area contributed by atoms with Crippen molar-refractivity contribution in [1.82, 2.24) is 14.4 Å². The molecule has 6 heteroatoms. The molecular formula is C16H20ClN3O2. The van der Waals surface area contributed by atoms with Crippen molar-refractivity contribution in [3.8, 4) is 0 Å². The van der Waals surface area contributed by atoms with E-state index in [1.54, 1.807) is 12.4 Å². The number of halogens is 1. The van der Waals surface area contributed by atoms with Crippen LogP contribution < -0.4 is 0 Å². The lowest BCUT2D eigenvalue weighted by atomic mass is 9.63. The Labute approximate surface area is 134 Å². The number of carbonyl (C=O) groups is 1. The first-order chi connectivity index (χ1) is 10.4. The highest BCUT2D eigenvalue weighted by Crippen LogP contribution is 2.48. The van der Waals surface area contributed by atoms with Crippen LogP contribution in [0.25, 0.3) is 5.52 Å². The molecule has 0 bridgehead atoms. The highest BCUT2D eigenvalue weighted by atomic mass is 35.5. The fourth-order valence-electron chi connectivity index (χ4n) is 3.86. The summed E-state index contributed by atoms with van der Waals surface area (Å²) >= 11 is 6.14. The Balaban J connectivity index is 2.05. The molecule has 0 aliphatic heterocycles. The average Bonchev–Trinajstić information content (AvgIpc) is 2.92. The van der Waals surface area contributed by atoms with Gasteiger partial charge in [-0.15, -0.1) is 0 Å². The third kappa shape index (κ3) is 2.28. The third-order valence-electron chi connectivity index (χ3n) is 4.87. The monoisotopic (exact) mass is 321 g/mol. The van der Waals surface area contributed by atoms with Gasteiger partial charge in [-0.1, -0.05) is 24.9 Å². The van der Waals surface area contributed by atoms with Crippen LogP contribution in [-0.4, -0.2) is 27.4 Å². The standard InChI is InChI=1S/C16H20ClN3O2/c1-15(5-4-6-16(2,10-15)14(21)22-3)13-19-9-11-12(17)18-7-8-20(11)13/h7-9H,4-6,10H2,1-3H3. The van der Waals surface area contributed by atoms with Gasteiger partial charge in [0.05, 0.1) is 18.7 Å². The Morgan fingerprint density at radius 1 is 1.36 bits per heavy atom. The number of rotatable bonds is 2. The molecule has 2 aromatic rings. The van der Waals surface area contributed by atoms with Gasteiger partial charge in [0.15, 0.2) is 5.15 Å². The first kappa shape index (κ1) is 15.3. The summed E-state index contributed by atoms with van der Waals surface area (Å²) in [4.78, 5) is 20.9. The number of carbonyl (C=O) groups excluding carboxylic acids is 1. The molecule has 1 aliphatic carbocycles. The molecule has 22 heavy (non-hydrogen) atoms. The highest BCUT2D eigenvalue weighted by molar-refractivity contribution is 6.32.